The zero-order valence-corrected chi connectivity index (χ0v) is 16.6. The number of carbonyl (C=O) groups is 1. The number of fused-ring (bicyclic) bond motifs is 2. The van der Waals surface area contributed by atoms with E-state index >= 15 is 0 Å². The van der Waals surface area contributed by atoms with Crippen LogP contribution in [-0.2, 0) is 6.54 Å². The van der Waals surface area contributed by atoms with Gasteiger partial charge in [-0.1, -0.05) is 39.4 Å². The number of hydrogen-bond donors (Lipinski definition) is 0. The summed E-state index contributed by atoms with van der Waals surface area (Å²) in [6, 6.07) is 13.3. The van der Waals surface area contributed by atoms with E-state index in [0.717, 1.165) is 26.6 Å². The molecule has 0 aliphatic carbocycles. The highest BCUT2D eigenvalue weighted by Crippen LogP contribution is 2.29. The van der Waals surface area contributed by atoms with Crippen LogP contribution in [0.2, 0.25) is 0 Å². The first-order chi connectivity index (χ1) is 12.6. The fourth-order valence-electron chi connectivity index (χ4n) is 2.88. The lowest BCUT2D eigenvalue weighted by molar-refractivity contribution is 0.0973. The van der Waals surface area contributed by atoms with Gasteiger partial charge in [0.25, 0.3) is 0 Å². The van der Waals surface area contributed by atoms with Gasteiger partial charge in [-0.05, 0) is 37.3 Å². The van der Waals surface area contributed by atoms with E-state index in [1.807, 2.05) is 41.8 Å². The van der Waals surface area contributed by atoms with E-state index in [-0.39, 0.29) is 5.76 Å². The van der Waals surface area contributed by atoms with Crippen LogP contribution in [0.1, 0.15) is 17.5 Å². The maximum absolute atomic E-state index is 12.7. The summed E-state index contributed by atoms with van der Waals surface area (Å²) in [7, 11) is 1.57. The Balaban J connectivity index is 1.83. The Morgan fingerprint density at radius 1 is 1.31 bits per heavy atom. The second-order valence-corrected chi connectivity index (χ2v) is 7.57. The highest BCUT2D eigenvalue weighted by atomic mass is 79.9. The maximum Gasteiger partial charge on any atom is 0.315 e. The van der Waals surface area contributed by atoms with Crippen molar-refractivity contribution in [1.29, 1.82) is 0 Å². The van der Waals surface area contributed by atoms with Crippen LogP contribution in [0.3, 0.4) is 0 Å². The number of hydrogen-bond acceptors (Lipinski definition) is 4. The highest BCUT2D eigenvalue weighted by molar-refractivity contribution is 9.10. The molecule has 0 radical (unpaired) electrons. The fourth-order valence-corrected chi connectivity index (χ4v) is 4.53. The summed E-state index contributed by atoms with van der Waals surface area (Å²) in [5, 5.41) is 0.812. The highest BCUT2D eigenvalue weighted by Gasteiger charge is 2.15. The predicted molar refractivity (Wildman–Crippen MR) is 106 cm³/mol. The number of para-hydroxylation sites is 1. The number of ether oxygens (including phenoxy) is 1. The van der Waals surface area contributed by atoms with E-state index in [4.69, 9.17) is 9.15 Å². The molecule has 0 saturated heterocycles. The summed E-state index contributed by atoms with van der Waals surface area (Å²) in [5.74, 6) is 0.388. The van der Waals surface area contributed by atoms with Crippen LogP contribution in [-0.4, -0.2) is 17.6 Å². The molecule has 0 spiro atoms. The third-order valence-corrected chi connectivity index (χ3v) is 5.63. The molecule has 0 saturated carbocycles. The average Bonchev–Trinajstić information content (AvgIpc) is 3.21. The summed E-state index contributed by atoms with van der Waals surface area (Å²) >= 11 is 4.96. The van der Waals surface area contributed by atoms with Crippen molar-refractivity contribution in [3.05, 3.63) is 57.5 Å². The lowest BCUT2D eigenvalue weighted by Gasteiger charge is -1.99. The lowest BCUT2D eigenvalue weighted by atomic mass is 10.2. The quantitative estimate of drug-likeness (QED) is 0.460. The topological polar surface area (TPSA) is 56.7 Å². The van der Waals surface area contributed by atoms with E-state index in [0.29, 0.717) is 16.1 Å². The predicted octanol–water partition coefficient (Wildman–Crippen LogP) is 4.98. The minimum atomic E-state index is -0.406. The molecular weight excluding hydrogens is 416 g/mol. The molecule has 0 unspecified atom stereocenters. The van der Waals surface area contributed by atoms with Gasteiger partial charge in [0.1, 0.15) is 0 Å². The number of rotatable bonds is 3. The molecule has 26 heavy (non-hydrogen) atoms. The van der Waals surface area contributed by atoms with Crippen molar-refractivity contribution in [3.8, 4) is 5.75 Å². The van der Waals surface area contributed by atoms with Crippen LogP contribution >= 0.6 is 27.3 Å². The van der Waals surface area contributed by atoms with E-state index < -0.39 is 5.91 Å². The molecule has 0 N–H and O–H groups in total. The van der Waals surface area contributed by atoms with Crippen molar-refractivity contribution in [2.75, 3.05) is 7.11 Å². The van der Waals surface area contributed by atoms with Gasteiger partial charge in [0.2, 0.25) is 0 Å². The van der Waals surface area contributed by atoms with E-state index in [1.54, 1.807) is 19.2 Å². The first-order valence-electron chi connectivity index (χ1n) is 8.05. The van der Waals surface area contributed by atoms with Crippen LogP contribution in [0.15, 0.2) is 56.3 Å². The minimum absolute atomic E-state index is 0.200. The Kier molecular flexibility index (Phi) is 4.42. The number of thiazole rings is 1. The third-order valence-electron chi connectivity index (χ3n) is 4.10. The molecule has 2 aromatic heterocycles. The molecule has 1 amide bonds. The monoisotopic (exact) mass is 430 g/mol. The first kappa shape index (κ1) is 17.1. The van der Waals surface area contributed by atoms with E-state index in [1.165, 1.54) is 11.3 Å². The zero-order chi connectivity index (χ0) is 18.3. The van der Waals surface area contributed by atoms with Gasteiger partial charge in [0, 0.05) is 16.4 Å². The number of benzene rings is 2. The number of furan rings is 1. The van der Waals surface area contributed by atoms with Gasteiger partial charge < -0.3 is 13.7 Å². The summed E-state index contributed by atoms with van der Waals surface area (Å²) in [6.07, 6.45) is 0. The summed E-state index contributed by atoms with van der Waals surface area (Å²) in [4.78, 5) is 17.6. The van der Waals surface area contributed by atoms with Crippen LogP contribution in [0.5, 0.6) is 5.75 Å². The maximum atomic E-state index is 12.7. The standard InChI is InChI=1S/C19H15BrN2O3S/c1-3-22-13-8-7-12(20)10-16(13)26-19(22)21-18(23)15-9-11-5-4-6-14(24-2)17(11)25-15/h4-10H,3H2,1-2H3. The van der Waals surface area contributed by atoms with Crippen LogP contribution in [0.25, 0.3) is 21.2 Å². The molecule has 4 aromatic rings. The van der Waals surface area contributed by atoms with Gasteiger partial charge in [-0.3, -0.25) is 4.79 Å². The molecule has 132 valence electrons. The number of aryl methyl sites for hydroxylation is 1. The Morgan fingerprint density at radius 3 is 2.92 bits per heavy atom. The summed E-state index contributed by atoms with van der Waals surface area (Å²) < 4.78 is 15.1. The van der Waals surface area contributed by atoms with Crippen LogP contribution in [0.4, 0.5) is 0 Å². The smallest absolute Gasteiger partial charge is 0.315 e. The SMILES string of the molecule is CCn1c(=NC(=O)c2cc3cccc(OC)c3o2)sc2cc(Br)ccc21. The van der Waals surface area contributed by atoms with Gasteiger partial charge in [-0.2, -0.15) is 4.99 Å². The summed E-state index contributed by atoms with van der Waals surface area (Å²) in [6.45, 7) is 2.76. The molecule has 0 fully saturated rings. The van der Waals surface area contributed by atoms with Gasteiger partial charge in [-0.15, -0.1) is 0 Å². The Bertz CT molecular complexity index is 1200. The molecule has 0 bridgehead atoms. The number of nitrogens with zero attached hydrogens (tertiary/aromatic N) is 2. The van der Waals surface area contributed by atoms with Crippen molar-refractivity contribution in [2.45, 2.75) is 13.5 Å². The van der Waals surface area contributed by atoms with Crippen molar-refractivity contribution >= 4 is 54.4 Å². The Hall–Kier alpha value is -2.38. The second kappa shape index (κ2) is 6.74. The Morgan fingerprint density at radius 2 is 2.15 bits per heavy atom. The Labute approximate surface area is 161 Å². The number of methoxy groups -OCH3 is 1. The lowest BCUT2D eigenvalue weighted by Crippen LogP contribution is -2.15. The summed E-state index contributed by atoms with van der Waals surface area (Å²) in [5.41, 5.74) is 1.61. The van der Waals surface area contributed by atoms with Crippen molar-refractivity contribution in [1.82, 2.24) is 4.57 Å². The van der Waals surface area contributed by atoms with Gasteiger partial charge in [-0.25, -0.2) is 0 Å². The minimum Gasteiger partial charge on any atom is -0.493 e. The van der Waals surface area contributed by atoms with Gasteiger partial charge >= 0.3 is 5.91 Å². The van der Waals surface area contributed by atoms with E-state index in [2.05, 4.69) is 20.9 Å². The second-order valence-electron chi connectivity index (χ2n) is 5.65. The normalized spacial score (nSPS) is 12.2. The van der Waals surface area contributed by atoms with Crippen LogP contribution in [0, 0.1) is 0 Å². The molecule has 2 aromatic carbocycles. The fraction of sp³-hybridized carbons (Fsp3) is 0.158. The molecule has 2 heterocycles. The molecular formula is C19H15BrN2O3S. The van der Waals surface area contributed by atoms with Crippen LogP contribution < -0.4 is 9.54 Å². The van der Waals surface area contributed by atoms with Gasteiger partial charge in [0.05, 0.1) is 17.3 Å². The number of carbonyl (C=O) groups excluding carboxylic acids is 1. The number of amides is 1. The van der Waals surface area contributed by atoms with Crippen molar-refractivity contribution < 1.29 is 13.9 Å². The molecule has 5 nitrogen and oxygen atoms in total. The average molecular weight is 431 g/mol. The number of aromatic nitrogens is 1. The molecule has 7 heteroatoms. The molecule has 0 atom stereocenters. The largest absolute Gasteiger partial charge is 0.493 e. The van der Waals surface area contributed by atoms with Crippen molar-refractivity contribution in [2.24, 2.45) is 4.99 Å². The van der Waals surface area contributed by atoms with Crippen molar-refractivity contribution in [3.63, 3.8) is 0 Å². The molecule has 0 aliphatic heterocycles. The zero-order valence-electron chi connectivity index (χ0n) is 14.2. The third kappa shape index (κ3) is 2.87. The van der Waals surface area contributed by atoms with E-state index in [9.17, 15) is 4.79 Å². The molecule has 0 aliphatic rings. The number of halogens is 1. The molecule has 4 rings (SSSR count). The van der Waals surface area contributed by atoms with Gasteiger partial charge in [0.15, 0.2) is 21.9 Å². The first-order valence-corrected chi connectivity index (χ1v) is 9.66.